The Morgan fingerprint density at radius 2 is 2.47 bits per heavy atom. The maximum Gasteiger partial charge on any atom is 0.357 e. The fourth-order valence-corrected chi connectivity index (χ4v) is 1.89. The molecule has 1 aliphatic heterocycles. The van der Waals surface area contributed by atoms with Gasteiger partial charge in [0.25, 0.3) is 0 Å². The molecule has 2 heterocycles. The Hall–Kier alpha value is -0.940. The van der Waals surface area contributed by atoms with Crippen molar-refractivity contribution in [2.45, 2.75) is 13.8 Å². The maximum absolute atomic E-state index is 11.5. The summed E-state index contributed by atoms with van der Waals surface area (Å²) in [5, 5.41) is 2.59. The first kappa shape index (κ1) is 10.6. The van der Waals surface area contributed by atoms with Gasteiger partial charge in [0, 0.05) is 10.8 Å². The second kappa shape index (κ2) is 3.90. The molecule has 0 spiro atoms. The number of ether oxygens (including phenoxy) is 2. The predicted octanol–water partition coefficient (Wildman–Crippen LogP) is 1.64. The van der Waals surface area contributed by atoms with E-state index in [0.717, 1.165) is 5.01 Å². The molecule has 1 aromatic rings. The average molecular weight is 227 g/mol. The molecule has 0 radical (unpaired) electrons. The minimum atomic E-state index is -0.340. The fourth-order valence-electron chi connectivity index (χ4n) is 1.30. The molecule has 5 heteroatoms. The van der Waals surface area contributed by atoms with E-state index in [2.05, 4.69) is 4.98 Å². The molecule has 0 aromatic carbocycles. The van der Waals surface area contributed by atoms with Crippen LogP contribution in [-0.4, -0.2) is 30.8 Å². The fraction of sp³-hybridized carbons (Fsp3) is 0.600. The average Bonchev–Trinajstić information content (AvgIpc) is 2.58. The van der Waals surface area contributed by atoms with Crippen molar-refractivity contribution in [3.05, 3.63) is 16.1 Å². The third-order valence-corrected chi connectivity index (χ3v) is 3.05. The van der Waals surface area contributed by atoms with Crippen LogP contribution in [-0.2, 0) is 9.47 Å². The van der Waals surface area contributed by atoms with Crippen molar-refractivity contribution < 1.29 is 14.3 Å². The van der Waals surface area contributed by atoms with Crippen molar-refractivity contribution in [3.63, 3.8) is 0 Å². The third kappa shape index (κ3) is 2.35. The molecule has 0 unspecified atom stereocenters. The minimum Gasteiger partial charge on any atom is -0.460 e. The van der Waals surface area contributed by atoms with E-state index < -0.39 is 0 Å². The molecule has 0 atom stereocenters. The Morgan fingerprint density at radius 3 is 2.93 bits per heavy atom. The number of carbonyl (C=O) groups excluding carboxylic acids is 1. The zero-order valence-corrected chi connectivity index (χ0v) is 9.60. The number of aryl methyl sites for hydroxylation is 1. The smallest absolute Gasteiger partial charge is 0.357 e. The molecule has 2 rings (SSSR count). The van der Waals surface area contributed by atoms with Crippen LogP contribution in [0.5, 0.6) is 0 Å². The van der Waals surface area contributed by atoms with Crippen LogP contribution in [0, 0.1) is 12.3 Å². The Bertz CT molecular complexity index is 370. The summed E-state index contributed by atoms with van der Waals surface area (Å²) >= 11 is 1.45. The predicted molar refractivity (Wildman–Crippen MR) is 56.1 cm³/mol. The molecule has 4 nitrogen and oxygen atoms in total. The molecular weight excluding hydrogens is 214 g/mol. The van der Waals surface area contributed by atoms with Gasteiger partial charge in [-0.1, -0.05) is 6.92 Å². The van der Waals surface area contributed by atoms with Gasteiger partial charge in [-0.3, -0.25) is 0 Å². The van der Waals surface area contributed by atoms with Crippen LogP contribution < -0.4 is 0 Å². The zero-order valence-electron chi connectivity index (χ0n) is 8.78. The van der Waals surface area contributed by atoms with Crippen molar-refractivity contribution in [1.82, 2.24) is 4.98 Å². The number of carbonyl (C=O) groups is 1. The van der Waals surface area contributed by atoms with E-state index in [1.807, 2.05) is 13.8 Å². The van der Waals surface area contributed by atoms with Crippen molar-refractivity contribution in [2.24, 2.45) is 5.41 Å². The van der Waals surface area contributed by atoms with Gasteiger partial charge in [-0.2, -0.15) is 0 Å². The highest BCUT2D eigenvalue weighted by Gasteiger charge is 2.35. The van der Waals surface area contributed by atoms with E-state index in [1.165, 1.54) is 11.3 Å². The molecule has 0 N–H and O–H groups in total. The first-order chi connectivity index (χ1) is 7.09. The molecule has 0 saturated carbocycles. The monoisotopic (exact) mass is 227 g/mol. The van der Waals surface area contributed by atoms with E-state index >= 15 is 0 Å². The molecule has 1 aromatic heterocycles. The number of aromatic nitrogens is 1. The van der Waals surface area contributed by atoms with Gasteiger partial charge in [-0.05, 0) is 6.92 Å². The van der Waals surface area contributed by atoms with Gasteiger partial charge in [-0.25, -0.2) is 9.78 Å². The maximum atomic E-state index is 11.5. The van der Waals surface area contributed by atoms with Crippen molar-refractivity contribution in [1.29, 1.82) is 0 Å². The summed E-state index contributed by atoms with van der Waals surface area (Å²) in [6, 6.07) is 0. The number of nitrogens with zero attached hydrogens (tertiary/aromatic N) is 1. The molecule has 82 valence electrons. The quantitative estimate of drug-likeness (QED) is 0.737. The normalized spacial score (nSPS) is 18.3. The van der Waals surface area contributed by atoms with E-state index in [1.54, 1.807) is 5.38 Å². The lowest BCUT2D eigenvalue weighted by Gasteiger charge is -2.36. The number of esters is 1. The van der Waals surface area contributed by atoms with Crippen molar-refractivity contribution in [2.75, 3.05) is 19.8 Å². The van der Waals surface area contributed by atoms with Gasteiger partial charge in [-0.15, -0.1) is 11.3 Å². The van der Waals surface area contributed by atoms with Gasteiger partial charge in [0.2, 0.25) is 0 Å². The summed E-state index contributed by atoms with van der Waals surface area (Å²) in [6.07, 6.45) is 0. The highest BCUT2D eigenvalue weighted by atomic mass is 32.1. The van der Waals surface area contributed by atoms with E-state index in [-0.39, 0.29) is 11.4 Å². The highest BCUT2D eigenvalue weighted by Crippen LogP contribution is 2.26. The van der Waals surface area contributed by atoms with Crippen LogP contribution in [0.3, 0.4) is 0 Å². The van der Waals surface area contributed by atoms with Gasteiger partial charge < -0.3 is 9.47 Å². The summed E-state index contributed by atoms with van der Waals surface area (Å²) in [6.45, 7) is 5.63. The summed E-state index contributed by atoms with van der Waals surface area (Å²) < 4.78 is 10.2. The lowest BCUT2D eigenvalue weighted by atomic mass is 9.90. The first-order valence-electron chi connectivity index (χ1n) is 4.76. The molecule has 1 aliphatic rings. The lowest BCUT2D eigenvalue weighted by Crippen LogP contribution is -2.44. The molecule has 0 aliphatic carbocycles. The van der Waals surface area contributed by atoms with Crippen LogP contribution in [0.15, 0.2) is 5.38 Å². The number of hydrogen-bond acceptors (Lipinski definition) is 5. The highest BCUT2D eigenvalue weighted by molar-refractivity contribution is 7.09. The van der Waals surface area contributed by atoms with Crippen LogP contribution in [0.1, 0.15) is 22.4 Å². The van der Waals surface area contributed by atoms with E-state index in [9.17, 15) is 4.79 Å². The molecule has 0 bridgehead atoms. The Kier molecular flexibility index (Phi) is 2.75. The summed E-state index contributed by atoms with van der Waals surface area (Å²) in [5.41, 5.74) is 0.405. The second-order valence-electron chi connectivity index (χ2n) is 4.13. The van der Waals surface area contributed by atoms with E-state index in [0.29, 0.717) is 25.5 Å². The molecule has 0 amide bonds. The van der Waals surface area contributed by atoms with Gasteiger partial charge in [0.05, 0.1) is 18.2 Å². The summed E-state index contributed by atoms with van der Waals surface area (Å²) in [4.78, 5) is 15.6. The van der Waals surface area contributed by atoms with Crippen LogP contribution >= 0.6 is 11.3 Å². The standard InChI is InChI=1S/C10H13NO3S/c1-7-11-8(3-15-7)9(12)14-6-10(2)4-13-5-10/h3H,4-6H2,1-2H3. The summed E-state index contributed by atoms with van der Waals surface area (Å²) in [5.74, 6) is -0.340. The topological polar surface area (TPSA) is 48.4 Å². The SMILES string of the molecule is Cc1nc(C(=O)OCC2(C)COC2)cs1. The van der Waals surface area contributed by atoms with Gasteiger partial charge >= 0.3 is 5.97 Å². The Morgan fingerprint density at radius 1 is 1.73 bits per heavy atom. The first-order valence-corrected chi connectivity index (χ1v) is 5.64. The third-order valence-electron chi connectivity index (χ3n) is 2.28. The van der Waals surface area contributed by atoms with Crippen molar-refractivity contribution in [3.8, 4) is 0 Å². The van der Waals surface area contributed by atoms with Crippen LogP contribution in [0.4, 0.5) is 0 Å². The molecule has 1 saturated heterocycles. The van der Waals surface area contributed by atoms with Crippen LogP contribution in [0.25, 0.3) is 0 Å². The minimum absolute atomic E-state index is 0.000720. The van der Waals surface area contributed by atoms with Gasteiger partial charge in [0.1, 0.15) is 6.61 Å². The number of rotatable bonds is 3. The lowest BCUT2D eigenvalue weighted by molar-refractivity contribution is -0.127. The van der Waals surface area contributed by atoms with E-state index in [4.69, 9.17) is 9.47 Å². The summed E-state index contributed by atoms with van der Waals surface area (Å²) in [7, 11) is 0. The Labute approximate surface area is 92.2 Å². The van der Waals surface area contributed by atoms with Crippen LogP contribution in [0.2, 0.25) is 0 Å². The molecule has 1 fully saturated rings. The number of hydrogen-bond donors (Lipinski definition) is 0. The Balaban J connectivity index is 1.87. The zero-order chi connectivity index (χ0) is 10.9. The molecule has 15 heavy (non-hydrogen) atoms. The van der Waals surface area contributed by atoms with Gasteiger partial charge in [0.15, 0.2) is 5.69 Å². The largest absolute Gasteiger partial charge is 0.460 e. The molecular formula is C10H13NO3S. The number of thiazole rings is 1. The van der Waals surface area contributed by atoms with Crippen molar-refractivity contribution >= 4 is 17.3 Å². The second-order valence-corrected chi connectivity index (χ2v) is 5.19.